The molecule has 0 aromatic heterocycles. The number of piperidine rings is 1. The highest BCUT2D eigenvalue weighted by Crippen LogP contribution is 2.05. The molecule has 2 N–H and O–H groups in total. The summed E-state index contributed by atoms with van der Waals surface area (Å²) < 4.78 is 0. The van der Waals surface area contributed by atoms with E-state index in [1.807, 2.05) is 0 Å². The highest BCUT2D eigenvalue weighted by molar-refractivity contribution is 7.81. The van der Waals surface area contributed by atoms with Crippen LogP contribution in [0.15, 0.2) is 0 Å². The van der Waals surface area contributed by atoms with Crippen molar-refractivity contribution in [1.29, 1.82) is 0 Å². The maximum Gasteiger partial charge on any atom is 0.249 e. The molecule has 1 heterocycles. The third kappa shape index (κ3) is 2.73. The lowest BCUT2D eigenvalue weighted by molar-refractivity contribution is -0.137. The number of carbonyl (C=O) groups excluding carboxylic acids is 3. The first-order valence-electron chi connectivity index (χ1n) is 4.33. The van der Waals surface area contributed by atoms with Crippen molar-refractivity contribution in [2.45, 2.75) is 31.1 Å². The zero-order chi connectivity index (χ0) is 10.7. The van der Waals surface area contributed by atoms with Crippen LogP contribution in [0.5, 0.6) is 0 Å². The number of thiol groups is 1. The van der Waals surface area contributed by atoms with Gasteiger partial charge < -0.3 is 5.32 Å². The molecule has 1 aliphatic heterocycles. The lowest BCUT2D eigenvalue weighted by atomic mass is 10.1. The third-order valence-corrected chi connectivity index (χ3v) is 2.17. The molecule has 0 bridgehead atoms. The Labute approximate surface area is 87.0 Å². The van der Waals surface area contributed by atoms with E-state index in [-0.39, 0.29) is 18.2 Å². The molecule has 0 aromatic rings. The molecule has 0 saturated carbocycles. The van der Waals surface area contributed by atoms with E-state index in [0.29, 0.717) is 6.42 Å². The van der Waals surface area contributed by atoms with Crippen LogP contribution < -0.4 is 10.6 Å². The van der Waals surface area contributed by atoms with Crippen molar-refractivity contribution in [3.05, 3.63) is 0 Å². The van der Waals surface area contributed by atoms with E-state index in [2.05, 4.69) is 23.3 Å². The predicted molar refractivity (Wildman–Crippen MR) is 52.8 cm³/mol. The van der Waals surface area contributed by atoms with Crippen molar-refractivity contribution in [3.8, 4) is 0 Å². The Bertz CT molecular complexity index is 278. The zero-order valence-corrected chi connectivity index (χ0v) is 8.64. The van der Waals surface area contributed by atoms with Crippen molar-refractivity contribution in [1.82, 2.24) is 10.6 Å². The fourth-order valence-electron chi connectivity index (χ4n) is 1.12. The van der Waals surface area contributed by atoms with E-state index < -0.39 is 17.2 Å². The SMILES string of the molecule is CC(S)C(=O)NC1CCC(=O)NC1=O. The predicted octanol–water partition coefficient (Wildman–Crippen LogP) is -0.774. The number of imide groups is 1. The van der Waals surface area contributed by atoms with Crippen LogP contribution in [0.2, 0.25) is 0 Å². The summed E-state index contributed by atoms with van der Waals surface area (Å²) in [6, 6.07) is -0.602. The van der Waals surface area contributed by atoms with E-state index in [1.54, 1.807) is 6.92 Å². The Balaban J connectivity index is 2.49. The van der Waals surface area contributed by atoms with Gasteiger partial charge in [-0.1, -0.05) is 0 Å². The maximum absolute atomic E-state index is 11.2. The fourth-order valence-corrected chi connectivity index (χ4v) is 1.20. The van der Waals surface area contributed by atoms with Crippen LogP contribution in [0, 0.1) is 0 Å². The van der Waals surface area contributed by atoms with Gasteiger partial charge in [0.15, 0.2) is 0 Å². The summed E-state index contributed by atoms with van der Waals surface area (Å²) in [7, 11) is 0. The molecular weight excluding hydrogens is 204 g/mol. The number of rotatable bonds is 2. The van der Waals surface area contributed by atoms with Crippen LogP contribution in [-0.2, 0) is 14.4 Å². The van der Waals surface area contributed by atoms with E-state index in [0.717, 1.165) is 0 Å². The summed E-state index contributed by atoms with van der Waals surface area (Å²) in [4.78, 5) is 33.2. The third-order valence-electron chi connectivity index (χ3n) is 1.94. The number of amides is 3. The Morgan fingerprint density at radius 3 is 2.79 bits per heavy atom. The lowest BCUT2D eigenvalue weighted by Crippen LogP contribution is -2.53. The van der Waals surface area contributed by atoms with Crippen LogP contribution in [0.4, 0.5) is 0 Å². The van der Waals surface area contributed by atoms with E-state index in [9.17, 15) is 14.4 Å². The summed E-state index contributed by atoms with van der Waals surface area (Å²) in [5.41, 5.74) is 0. The summed E-state index contributed by atoms with van der Waals surface area (Å²) in [5, 5.41) is 4.21. The molecule has 6 heteroatoms. The van der Waals surface area contributed by atoms with E-state index in [4.69, 9.17) is 0 Å². The van der Waals surface area contributed by atoms with Crippen molar-refractivity contribution < 1.29 is 14.4 Å². The normalized spacial score (nSPS) is 24.0. The minimum absolute atomic E-state index is 0.262. The summed E-state index contributed by atoms with van der Waals surface area (Å²) in [6.45, 7) is 1.62. The molecule has 1 saturated heterocycles. The molecule has 0 aromatic carbocycles. The standard InChI is InChI=1S/C8H12N2O3S/c1-4(14)7(12)9-5-2-3-6(11)10-8(5)13/h4-5,14H,2-3H2,1H3,(H,9,12)(H,10,11,13). The summed E-state index contributed by atoms with van der Waals surface area (Å²) >= 11 is 3.93. The second-order valence-corrected chi connectivity index (χ2v) is 3.96. The Hall–Kier alpha value is -1.04. The van der Waals surface area contributed by atoms with Gasteiger partial charge in [0.2, 0.25) is 17.7 Å². The molecule has 1 rings (SSSR count). The fraction of sp³-hybridized carbons (Fsp3) is 0.625. The lowest BCUT2D eigenvalue weighted by Gasteiger charge is -2.22. The Kier molecular flexibility index (Phi) is 3.51. The van der Waals surface area contributed by atoms with Crippen LogP contribution in [0.1, 0.15) is 19.8 Å². The largest absolute Gasteiger partial charge is 0.343 e. The van der Waals surface area contributed by atoms with Crippen molar-refractivity contribution in [2.24, 2.45) is 0 Å². The van der Waals surface area contributed by atoms with Crippen molar-refractivity contribution in [3.63, 3.8) is 0 Å². The Morgan fingerprint density at radius 2 is 2.29 bits per heavy atom. The highest BCUT2D eigenvalue weighted by Gasteiger charge is 2.28. The van der Waals surface area contributed by atoms with Crippen LogP contribution in [0.25, 0.3) is 0 Å². The van der Waals surface area contributed by atoms with Crippen LogP contribution in [-0.4, -0.2) is 29.0 Å². The van der Waals surface area contributed by atoms with Gasteiger partial charge in [0.1, 0.15) is 6.04 Å². The number of nitrogens with one attached hydrogen (secondary N) is 2. The van der Waals surface area contributed by atoms with Gasteiger partial charge in [0, 0.05) is 6.42 Å². The van der Waals surface area contributed by atoms with Gasteiger partial charge in [-0.3, -0.25) is 19.7 Å². The molecule has 1 fully saturated rings. The zero-order valence-electron chi connectivity index (χ0n) is 7.74. The summed E-state index contributed by atoms with van der Waals surface area (Å²) in [6.07, 6.45) is 0.620. The number of hydrogen-bond donors (Lipinski definition) is 3. The molecule has 0 radical (unpaired) electrons. The van der Waals surface area contributed by atoms with Gasteiger partial charge in [-0.25, -0.2) is 0 Å². The van der Waals surface area contributed by atoms with Gasteiger partial charge >= 0.3 is 0 Å². The van der Waals surface area contributed by atoms with Gasteiger partial charge in [0.25, 0.3) is 0 Å². The first kappa shape index (κ1) is 11.0. The second kappa shape index (κ2) is 4.45. The topological polar surface area (TPSA) is 75.3 Å². The molecule has 1 aliphatic rings. The smallest absolute Gasteiger partial charge is 0.249 e. The first-order chi connectivity index (χ1) is 6.50. The van der Waals surface area contributed by atoms with Crippen LogP contribution in [0.3, 0.4) is 0 Å². The molecule has 3 amide bonds. The average Bonchev–Trinajstić information content (AvgIpc) is 2.09. The first-order valence-corrected chi connectivity index (χ1v) is 4.84. The molecule has 5 nitrogen and oxygen atoms in total. The molecule has 14 heavy (non-hydrogen) atoms. The molecule has 2 unspecified atom stereocenters. The average molecular weight is 216 g/mol. The maximum atomic E-state index is 11.2. The van der Waals surface area contributed by atoms with Crippen LogP contribution >= 0.6 is 12.6 Å². The van der Waals surface area contributed by atoms with Gasteiger partial charge in [-0.05, 0) is 13.3 Å². The highest BCUT2D eigenvalue weighted by atomic mass is 32.1. The van der Waals surface area contributed by atoms with Gasteiger partial charge in [-0.15, -0.1) is 0 Å². The molecule has 0 spiro atoms. The minimum atomic E-state index is -0.602. The number of hydrogen-bond acceptors (Lipinski definition) is 4. The Morgan fingerprint density at radius 1 is 1.64 bits per heavy atom. The quantitative estimate of drug-likeness (QED) is 0.419. The summed E-state index contributed by atoms with van der Waals surface area (Å²) in [5.74, 6) is -1.04. The van der Waals surface area contributed by atoms with Gasteiger partial charge in [0.05, 0.1) is 5.25 Å². The molecular formula is C8H12N2O3S. The van der Waals surface area contributed by atoms with E-state index >= 15 is 0 Å². The van der Waals surface area contributed by atoms with Gasteiger partial charge in [-0.2, -0.15) is 12.6 Å². The van der Waals surface area contributed by atoms with Crippen molar-refractivity contribution in [2.75, 3.05) is 0 Å². The number of carbonyl (C=O) groups is 3. The molecule has 2 atom stereocenters. The van der Waals surface area contributed by atoms with E-state index in [1.165, 1.54) is 0 Å². The molecule has 0 aliphatic carbocycles. The van der Waals surface area contributed by atoms with Crippen molar-refractivity contribution >= 4 is 30.4 Å². The molecule has 78 valence electrons. The monoisotopic (exact) mass is 216 g/mol. The second-order valence-electron chi connectivity index (χ2n) is 3.19. The minimum Gasteiger partial charge on any atom is -0.343 e.